The number of fused-ring (bicyclic) bond motifs is 1. The molecule has 3 atom stereocenters. The Balaban J connectivity index is 1.95. The molecule has 0 aromatic rings. The van der Waals surface area contributed by atoms with Crippen LogP contribution < -0.4 is 5.32 Å². The fourth-order valence-electron chi connectivity index (χ4n) is 3.83. The monoisotopic (exact) mass is 267 g/mol. The first kappa shape index (κ1) is 15.3. The van der Waals surface area contributed by atoms with Crippen molar-refractivity contribution in [2.75, 3.05) is 32.7 Å². The first-order chi connectivity index (χ1) is 9.13. The molecule has 2 aliphatic rings. The van der Waals surface area contributed by atoms with Crippen LogP contribution in [0.1, 0.15) is 47.0 Å². The molecule has 0 aromatic carbocycles. The Morgan fingerprint density at radius 3 is 2.74 bits per heavy atom. The molecule has 3 heteroatoms. The highest BCUT2D eigenvalue weighted by atomic mass is 15.3. The maximum Gasteiger partial charge on any atom is 0.0247 e. The van der Waals surface area contributed by atoms with Gasteiger partial charge in [-0.05, 0) is 45.2 Å². The third-order valence-electron chi connectivity index (χ3n) is 4.96. The van der Waals surface area contributed by atoms with E-state index in [9.17, 15) is 0 Å². The van der Waals surface area contributed by atoms with Crippen molar-refractivity contribution in [3.05, 3.63) is 0 Å². The van der Waals surface area contributed by atoms with Gasteiger partial charge in [-0.15, -0.1) is 0 Å². The summed E-state index contributed by atoms with van der Waals surface area (Å²) in [7, 11) is 0. The number of nitrogens with zero attached hydrogens (tertiary/aromatic N) is 2. The van der Waals surface area contributed by atoms with Gasteiger partial charge in [0, 0.05) is 37.8 Å². The Morgan fingerprint density at radius 2 is 2.05 bits per heavy atom. The molecule has 112 valence electrons. The highest BCUT2D eigenvalue weighted by molar-refractivity contribution is 4.94. The van der Waals surface area contributed by atoms with Crippen LogP contribution in [0.5, 0.6) is 0 Å². The minimum atomic E-state index is 0.698. The average Bonchev–Trinajstić information content (AvgIpc) is 2.80. The molecule has 3 unspecified atom stereocenters. The van der Waals surface area contributed by atoms with Crippen LogP contribution >= 0.6 is 0 Å². The minimum absolute atomic E-state index is 0.698. The van der Waals surface area contributed by atoms with Crippen molar-refractivity contribution in [2.45, 2.75) is 65.1 Å². The normalized spacial score (nSPS) is 30.8. The molecule has 0 saturated carbocycles. The molecule has 1 N–H and O–H groups in total. The number of piperazine rings is 1. The van der Waals surface area contributed by atoms with Gasteiger partial charge in [-0.25, -0.2) is 0 Å². The molecule has 0 radical (unpaired) electrons. The molecule has 19 heavy (non-hydrogen) atoms. The largest absolute Gasteiger partial charge is 0.315 e. The van der Waals surface area contributed by atoms with Crippen molar-refractivity contribution < 1.29 is 0 Å². The van der Waals surface area contributed by atoms with Gasteiger partial charge in [0.1, 0.15) is 0 Å². The van der Waals surface area contributed by atoms with Gasteiger partial charge < -0.3 is 5.32 Å². The van der Waals surface area contributed by atoms with Gasteiger partial charge in [0.2, 0.25) is 0 Å². The fraction of sp³-hybridized carbons (Fsp3) is 1.00. The SMILES string of the molecule is CCCNCC(C(C)C)N1CC2CCCN2CC1C. The summed E-state index contributed by atoms with van der Waals surface area (Å²) in [5.74, 6) is 0.736. The van der Waals surface area contributed by atoms with Crippen molar-refractivity contribution in [1.29, 1.82) is 0 Å². The van der Waals surface area contributed by atoms with Crippen LogP contribution in [0.4, 0.5) is 0 Å². The summed E-state index contributed by atoms with van der Waals surface area (Å²) in [6.07, 6.45) is 4.05. The molecule has 0 bridgehead atoms. The molecular weight excluding hydrogens is 234 g/mol. The van der Waals surface area contributed by atoms with Crippen LogP contribution in [0.25, 0.3) is 0 Å². The van der Waals surface area contributed by atoms with Gasteiger partial charge in [0.15, 0.2) is 0 Å². The molecular formula is C16H33N3. The lowest BCUT2D eigenvalue weighted by Gasteiger charge is -2.47. The van der Waals surface area contributed by atoms with E-state index >= 15 is 0 Å². The number of hydrogen-bond acceptors (Lipinski definition) is 3. The van der Waals surface area contributed by atoms with E-state index in [4.69, 9.17) is 0 Å². The van der Waals surface area contributed by atoms with E-state index in [0.717, 1.165) is 25.0 Å². The van der Waals surface area contributed by atoms with E-state index in [2.05, 4.69) is 42.8 Å². The van der Waals surface area contributed by atoms with E-state index in [1.54, 1.807) is 0 Å². The summed E-state index contributed by atoms with van der Waals surface area (Å²) in [5, 5.41) is 3.64. The standard InChI is InChI=1S/C16H33N3/c1-5-8-17-10-16(13(2)3)19-12-15-7-6-9-18(15)11-14(19)4/h13-17H,5-12H2,1-4H3. The molecule has 0 aromatic heterocycles. The zero-order valence-corrected chi connectivity index (χ0v) is 13.4. The summed E-state index contributed by atoms with van der Waals surface area (Å²) < 4.78 is 0. The predicted octanol–water partition coefficient (Wildman–Crippen LogP) is 2.18. The van der Waals surface area contributed by atoms with Crippen LogP contribution in [0.2, 0.25) is 0 Å². The van der Waals surface area contributed by atoms with Gasteiger partial charge >= 0.3 is 0 Å². The number of hydrogen-bond donors (Lipinski definition) is 1. The van der Waals surface area contributed by atoms with E-state index in [1.807, 2.05) is 0 Å². The Kier molecular flexibility index (Phi) is 5.67. The summed E-state index contributed by atoms with van der Waals surface area (Å²) in [6.45, 7) is 15.6. The van der Waals surface area contributed by atoms with Gasteiger partial charge in [0.05, 0.1) is 0 Å². The smallest absolute Gasteiger partial charge is 0.0247 e. The summed E-state index contributed by atoms with van der Waals surface area (Å²) in [4.78, 5) is 5.51. The number of rotatable bonds is 6. The zero-order chi connectivity index (χ0) is 13.8. The Morgan fingerprint density at radius 1 is 1.26 bits per heavy atom. The Hall–Kier alpha value is -0.120. The van der Waals surface area contributed by atoms with Crippen LogP contribution in [-0.4, -0.2) is 60.6 Å². The fourth-order valence-corrected chi connectivity index (χ4v) is 3.83. The molecule has 0 aliphatic carbocycles. The molecule has 0 amide bonds. The minimum Gasteiger partial charge on any atom is -0.315 e. The van der Waals surface area contributed by atoms with Gasteiger partial charge in [0.25, 0.3) is 0 Å². The van der Waals surface area contributed by atoms with Crippen LogP contribution in [0, 0.1) is 5.92 Å². The summed E-state index contributed by atoms with van der Waals surface area (Å²) in [6, 6.07) is 2.25. The molecule has 0 spiro atoms. The van der Waals surface area contributed by atoms with Crippen LogP contribution in [-0.2, 0) is 0 Å². The van der Waals surface area contributed by atoms with Crippen molar-refractivity contribution in [3.63, 3.8) is 0 Å². The zero-order valence-electron chi connectivity index (χ0n) is 13.4. The molecule has 3 nitrogen and oxygen atoms in total. The third kappa shape index (κ3) is 3.71. The van der Waals surface area contributed by atoms with E-state index in [-0.39, 0.29) is 0 Å². The quantitative estimate of drug-likeness (QED) is 0.744. The van der Waals surface area contributed by atoms with Crippen molar-refractivity contribution in [2.24, 2.45) is 5.92 Å². The molecule has 2 saturated heterocycles. The topological polar surface area (TPSA) is 18.5 Å². The highest BCUT2D eigenvalue weighted by Crippen LogP contribution is 2.27. The Bertz CT molecular complexity index is 267. The molecule has 2 aliphatic heterocycles. The van der Waals surface area contributed by atoms with E-state index in [1.165, 1.54) is 38.9 Å². The van der Waals surface area contributed by atoms with Crippen molar-refractivity contribution in [3.8, 4) is 0 Å². The van der Waals surface area contributed by atoms with Crippen LogP contribution in [0.3, 0.4) is 0 Å². The lowest BCUT2D eigenvalue weighted by atomic mass is 9.97. The highest BCUT2D eigenvalue weighted by Gasteiger charge is 2.37. The maximum atomic E-state index is 3.64. The van der Waals surface area contributed by atoms with E-state index < -0.39 is 0 Å². The molecule has 2 heterocycles. The maximum absolute atomic E-state index is 3.64. The second-order valence-electron chi connectivity index (χ2n) is 6.85. The van der Waals surface area contributed by atoms with Crippen molar-refractivity contribution in [1.82, 2.24) is 15.1 Å². The second kappa shape index (κ2) is 7.05. The lowest BCUT2D eigenvalue weighted by Crippen LogP contribution is -2.60. The second-order valence-corrected chi connectivity index (χ2v) is 6.85. The first-order valence-corrected chi connectivity index (χ1v) is 8.34. The van der Waals surface area contributed by atoms with Gasteiger partial charge in [-0.3, -0.25) is 9.80 Å². The third-order valence-corrected chi connectivity index (χ3v) is 4.96. The Labute approximate surface area is 119 Å². The predicted molar refractivity (Wildman–Crippen MR) is 82.5 cm³/mol. The lowest BCUT2D eigenvalue weighted by molar-refractivity contribution is 0.0134. The molecule has 2 rings (SSSR count). The average molecular weight is 267 g/mol. The molecule has 2 fully saturated rings. The number of nitrogens with one attached hydrogen (secondary N) is 1. The van der Waals surface area contributed by atoms with Crippen molar-refractivity contribution >= 4 is 0 Å². The van der Waals surface area contributed by atoms with E-state index in [0.29, 0.717) is 12.1 Å². The van der Waals surface area contributed by atoms with Crippen LogP contribution in [0.15, 0.2) is 0 Å². The van der Waals surface area contributed by atoms with Gasteiger partial charge in [-0.1, -0.05) is 20.8 Å². The van der Waals surface area contributed by atoms with Gasteiger partial charge in [-0.2, -0.15) is 0 Å². The summed E-state index contributed by atoms with van der Waals surface area (Å²) in [5.41, 5.74) is 0. The summed E-state index contributed by atoms with van der Waals surface area (Å²) >= 11 is 0. The first-order valence-electron chi connectivity index (χ1n) is 8.34.